The molecule has 3 unspecified atom stereocenters. The second-order valence-corrected chi connectivity index (χ2v) is 4.40. The molecule has 0 aromatic carbocycles. The van der Waals surface area contributed by atoms with Crippen LogP contribution in [0.1, 0.15) is 26.7 Å². The summed E-state index contributed by atoms with van der Waals surface area (Å²) in [6.45, 7) is 6.60. The van der Waals surface area contributed by atoms with Gasteiger partial charge in [0.25, 0.3) is 0 Å². The fourth-order valence-corrected chi connectivity index (χ4v) is 2.44. The van der Waals surface area contributed by atoms with E-state index in [-0.39, 0.29) is 0 Å². The van der Waals surface area contributed by atoms with E-state index in [1.807, 2.05) is 0 Å². The topological polar surface area (TPSA) is 24.5 Å². The molecule has 1 aliphatic heterocycles. The van der Waals surface area contributed by atoms with Crippen molar-refractivity contribution >= 4 is 0 Å². The summed E-state index contributed by atoms with van der Waals surface area (Å²) < 4.78 is 5.20. The number of hydrogen-bond acceptors (Lipinski definition) is 3. The minimum absolute atomic E-state index is 0.549. The molecule has 0 saturated carbocycles. The van der Waals surface area contributed by atoms with E-state index in [0.29, 0.717) is 18.1 Å². The average Bonchev–Trinajstić information content (AvgIpc) is 2.17. The first kappa shape index (κ1) is 12.0. The van der Waals surface area contributed by atoms with Gasteiger partial charge in [-0.05, 0) is 33.7 Å². The van der Waals surface area contributed by atoms with E-state index in [4.69, 9.17) is 4.74 Å². The molecule has 1 fully saturated rings. The Morgan fingerprint density at radius 1 is 1.57 bits per heavy atom. The fraction of sp³-hybridized carbons (Fsp3) is 1.00. The van der Waals surface area contributed by atoms with Gasteiger partial charge in [0.05, 0.1) is 6.61 Å². The van der Waals surface area contributed by atoms with Crippen LogP contribution in [0.2, 0.25) is 0 Å². The Kier molecular flexibility index (Phi) is 4.85. The molecular weight excluding hydrogens is 176 g/mol. The molecule has 1 heterocycles. The summed E-state index contributed by atoms with van der Waals surface area (Å²) in [5.74, 6) is 0. The Morgan fingerprint density at radius 3 is 2.79 bits per heavy atom. The van der Waals surface area contributed by atoms with Crippen LogP contribution in [0, 0.1) is 0 Å². The van der Waals surface area contributed by atoms with Crippen LogP contribution in [0.5, 0.6) is 0 Å². The quantitative estimate of drug-likeness (QED) is 0.735. The van der Waals surface area contributed by atoms with Crippen LogP contribution in [-0.4, -0.2) is 50.3 Å². The van der Waals surface area contributed by atoms with Gasteiger partial charge < -0.3 is 10.1 Å². The highest BCUT2D eigenvalue weighted by molar-refractivity contribution is 4.84. The van der Waals surface area contributed by atoms with Crippen molar-refractivity contribution in [2.24, 2.45) is 0 Å². The van der Waals surface area contributed by atoms with Crippen molar-refractivity contribution in [3.8, 4) is 0 Å². The molecule has 0 radical (unpaired) electrons. The maximum absolute atomic E-state index is 5.20. The first-order chi connectivity index (χ1) is 6.69. The molecule has 0 bridgehead atoms. The minimum Gasteiger partial charge on any atom is -0.383 e. The lowest BCUT2D eigenvalue weighted by atomic mass is 9.97. The first-order valence-corrected chi connectivity index (χ1v) is 5.61. The van der Waals surface area contributed by atoms with Crippen LogP contribution in [0.25, 0.3) is 0 Å². The Morgan fingerprint density at radius 2 is 2.29 bits per heavy atom. The SMILES string of the molecule is CNC1CCN(C(C)COC)C(C)C1. The predicted octanol–water partition coefficient (Wildman–Crippen LogP) is 1.09. The van der Waals surface area contributed by atoms with Gasteiger partial charge in [-0.1, -0.05) is 0 Å². The first-order valence-electron chi connectivity index (χ1n) is 5.61. The number of nitrogens with one attached hydrogen (secondary N) is 1. The van der Waals surface area contributed by atoms with Gasteiger partial charge in [-0.15, -0.1) is 0 Å². The number of rotatable bonds is 4. The standard InChI is InChI=1S/C11H24N2O/c1-9-7-11(12-3)5-6-13(9)10(2)8-14-4/h9-12H,5-8H2,1-4H3. The van der Waals surface area contributed by atoms with Crippen molar-refractivity contribution < 1.29 is 4.74 Å². The highest BCUT2D eigenvalue weighted by atomic mass is 16.5. The van der Waals surface area contributed by atoms with Gasteiger partial charge in [-0.25, -0.2) is 0 Å². The number of ether oxygens (including phenoxy) is 1. The summed E-state index contributed by atoms with van der Waals surface area (Å²) in [4.78, 5) is 2.55. The van der Waals surface area contributed by atoms with E-state index >= 15 is 0 Å². The third-order valence-corrected chi connectivity index (χ3v) is 3.31. The van der Waals surface area contributed by atoms with Crippen LogP contribution in [0.15, 0.2) is 0 Å². The van der Waals surface area contributed by atoms with E-state index in [1.165, 1.54) is 19.4 Å². The monoisotopic (exact) mass is 200 g/mol. The number of nitrogens with zero attached hydrogens (tertiary/aromatic N) is 1. The maximum Gasteiger partial charge on any atom is 0.0615 e. The smallest absolute Gasteiger partial charge is 0.0615 e. The lowest BCUT2D eigenvalue weighted by molar-refractivity contribution is 0.0470. The second-order valence-electron chi connectivity index (χ2n) is 4.40. The second kappa shape index (κ2) is 5.69. The molecule has 1 saturated heterocycles. The van der Waals surface area contributed by atoms with Crippen molar-refractivity contribution in [3.05, 3.63) is 0 Å². The molecule has 0 amide bonds. The van der Waals surface area contributed by atoms with Crippen molar-refractivity contribution in [3.63, 3.8) is 0 Å². The molecule has 3 heteroatoms. The summed E-state index contributed by atoms with van der Waals surface area (Å²) in [6.07, 6.45) is 2.51. The highest BCUT2D eigenvalue weighted by Crippen LogP contribution is 2.19. The Labute approximate surface area is 87.8 Å². The van der Waals surface area contributed by atoms with Gasteiger partial charge in [-0.2, -0.15) is 0 Å². The third-order valence-electron chi connectivity index (χ3n) is 3.31. The Hall–Kier alpha value is -0.120. The van der Waals surface area contributed by atoms with Crippen molar-refractivity contribution in [1.82, 2.24) is 10.2 Å². The number of methoxy groups -OCH3 is 1. The number of piperidine rings is 1. The molecule has 1 aliphatic rings. The van der Waals surface area contributed by atoms with E-state index in [1.54, 1.807) is 7.11 Å². The lowest BCUT2D eigenvalue weighted by Crippen LogP contribution is -2.51. The van der Waals surface area contributed by atoms with Crippen LogP contribution >= 0.6 is 0 Å². The van der Waals surface area contributed by atoms with Crippen LogP contribution < -0.4 is 5.32 Å². The third kappa shape index (κ3) is 2.94. The largest absolute Gasteiger partial charge is 0.383 e. The number of likely N-dealkylation sites (tertiary alicyclic amines) is 1. The van der Waals surface area contributed by atoms with E-state index < -0.39 is 0 Å². The summed E-state index contributed by atoms with van der Waals surface area (Å²) in [5, 5.41) is 3.37. The van der Waals surface area contributed by atoms with Crippen molar-refractivity contribution in [1.29, 1.82) is 0 Å². The predicted molar refractivity (Wildman–Crippen MR) is 59.6 cm³/mol. The maximum atomic E-state index is 5.20. The zero-order valence-electron chi connectivity index (χ0n) is 9.92. The highest BCUT2D eigenvalue weighted by Gasteiger charge is 2.27. The number of hydrogen-bond donors (Lipinski definition) is 1. The van der Waals surface area contributed by atoms with Crippen molar-refractivity contribution in [2.45, 2.75) is 44.8 Å². The molecule has 3 atom stereocenters. The van der Waals surface area contributed by atoms with E-state index in [0.717, 1.165) is 6.61 Å². The van der Waals surface area contributed by atoms with Gasteiger partial charge in [0.15, 0.2) is 0 Å². The zero-order chi connectivity index (χ0) is 10.6. The van der Waals surface area contributed by atoms with Gasteiger partial charge >= 0.3 is 0 Å². The minimum atomic E-state index is 0.549. The van der Waals surface area contributed by atoms with Gasteiger partial charge in [-0.3, -0.25) is 4.90 Å². The molecule has 0 aromatic heterocycles. The molecule has 0 aliphatic carbocycles. The molecule has 1 N–H and O–H groups in total. The summed E-state index contributed by atoms with van der Waals surface area (Å²) in [5.41, 5.74) is 0. The average molecular weight is 200 g/mol. The lowest BCUT2D eigenvalue weighted by Gasteiger charge is -2.41. The van der Waals surface area contributed by atoms with Crippen LogP contribution in [0.4, 0.5) is 0 Å². The van der Waals surface area contributed by atoms with Gasteiger partial charge in [0, 0.05) is 31.8 Å². The summed E-state index contributed by atoms with van der Waals surface area (Å²) in [7, 11) is 3.84. The summed E-state index contributed by atoms with van der Waals surface area (Å²) in [6, 6.07) is 1.93. The molecule has 14 heavy (non-hydrogen) atoms. The molecule has 84 valence electrons. The van der Waals surface area contributed by atoms with E-state index in [2.05, 4.69) is 31.1 Å². The molecular formula is C11H24N2O. The van der Waals surface area contributed by atoms with Gasteiger partial charge in [0.1, 0.15) is 0 Å². The van der Waals surface area contributed by atoms with Crippen LogP contribution in [0.3, 0.4) is 0 Å². The van der Waals surface area contributed by atoms with Crippen LogP contribution in [-0.2, 0) is 4.74 Å². The van der Waals surface area contributed by atoms with Gasteiger partial charge in [0.2, 0.25) is 0 Å². The molecule has 0 aromatic rings. The molecule has 0 spiro atoms. The summed E-state index contributed by atoms with van der Waals surface area (Å²) >= 11 is 0. The molecule has 3 nitrogen and oxygen atoms in total. The Balaban J connectivity index is 2.40. The molecule has 1 rings (SSSR count). The zero-order valence-corrected chi connectivity index (χ0v) is 9.92. The van der Waals surface area contributed by atoms with Crippen molar-refractivity contribution in [2.75, 3.05) is 27.3 Å². The Bertz CT molecular complexity index is 163. The van der Waals surface area contributed by atoms with E-state index in [9.17, 15) is 0 Å². The fourth-order valence-electron chi connectivity index (χ4n) is 2.44. The normalized spacial score (nSPS) is 31.7.